The van der Waals surface area contributed by atoms with Gasteiger partial charge in [-0.3, -0.25) is 0 Å². The maximum Gasteiger partial charge on any atom is 0.321 e. The smallest absolute Gasteiger partial charge is 0.321 e. The lowest BCUT2D eigenvalue weighted by Gasteiger charge is -2.36. The second-order valence-electron chi connectivity index (χ2n) is 6.41. The van der Waals surface area contributed by atoms with E-state index in [0.29, 0.717) is 18.1 Å². The van der Waals surface area contributed by atoms with Gasteiger partial charge in [-0.05, 0) is 42.8 Å². The molecular weight excluding hydrogens is 366 g/mol. The molecule has 0 aliphatic carbocycles. The van der Waals surface area contributed by atoms with Crippen LogP contribution in [0.2, 0.25) is 5.02 Å². The summed E-state index contributed by atoms with van der Waals surface area (Å²) in [5.41, 5.74) is 2.76. The molecule has 1 heterocycles. The van der Waals surface area contributed by atoms with E-state index in [4.69, 9.17) is 21.1 Å². The standard InChI is InChI=1S/C20H24ClN3O3/c1-14-12-18(19(27-3)13-17(14)21)23-8-10-24(11-9-23)20(25)22-15-4-6-16(26-2)7-5-15/h4-7,12-13H,8-11H2,1-3H3,(H,22,25). The molecule has 1 aliphatic heterocycles. The molecule has 1 N–H and O–H groups in total. The van der Waals surface area contributed by atoms with Crippen LogP contribution in [0.5, 0.6) is 11.5 Å². The first-order valence-electron chi connectivity index (χ1n) is 8.81. The van der Waals surface area contributed by atoms with E-state index in [-0.39, 0.29) is 6.03 Å². The number of rotatable bonds is 4. The molecule has 7 heteroatoms. The highest BCUT2D eigenvalue weighted by atomic mass is 35.5. The Morgan fingerprint density at radius 3 is 2.30 bits per heavy atom. The molecule has 1 saturated heterocycles. The zero-order chi connectivity index (χ0) is 19.4. The number of amides is 2. The van der Waals surface area contributed by atoms with E-state index >= 15 is 0 Å². The molecule has 3 rings (SSSR count). The molecule has 0 radical (unpaired) electrons. The largest absolute Gasteiger partial charge is 0.497 e. The first-order valence-corrected chi connectivity index (χ1v) is 9.18. The SMILES string of the molecule is COc1ccc(NC(=O)N2CCN(c3cc(C)c(Cl)cc3OC)CC2)cc1. The fourth-order valence-electron chi connectivity index (χ4n) is 3.09. The molecule has 0 spiro atoms. The fraction of sp³-hybridized carbons (Fsp3) is 0.350. The predicted octanol–water partition coefficient (Wildman–Crippen LogP) is 4.02. The Labute approximate surface area is 164 Å². The van der Waals surface area contributed by atoms with Crippen LogP contribution in [-0.4, -0.2) is 51.3 Å². The van der Waals surface area contributed by atoms with Crippen LogP contribution in [0.3, 0.4) is 0 Å². The molecule has 0 atom stereocenters. The van der Waals surface area contributed by atoms with E-state index in [2.05, 4.69) is 10.2 Å². The van der Waals surface area contributed by atoms with Gasteiger partial charge >= 0.3 is 6.03 Å². The molecule has 27 heavy (non-hydrogen) atoms. The number of halogens is 1. The summed E-state index contributed by atoms with van der Waals surface area (Å²) in [6.45, 7) is 4.70. The number of nitrogens with one attached hydrogen (secondary N) is 1. The van der Waals surface area contributed by atoms with Crippen molar-refractivity contribution in [2.75, 3.05) is 50.6 Å². The van der Waals surface area contributed by atoms with Gasteiger partial charge in [0.1, 0.15) is 11.5 Å². The molecule has 0 aromatic heterocycles. The molecule has 0 unspecified atom stereocenters. The zero-order valence-electron chi connectivity index (χ0n) is 15.8. The topological polar surface area (TPSA) is 54.0 Å². The molecule has 0 saturated carbocycles. The predicted molar refractivity (Wildman–Crippen MR) is 109 cm³/mol. The van der Waals surface area contributed by atoms with Gasteiger partial charge < -0.3 is 24.6 Å². The summed E-state index contributed by atoms with van der Waals surface area (Å²) >= 11 is 6.20. The minimum atomic E-state index is -0.0981. The van der Waals surface area contributed by atoms with Crippen molar-refractivity contribution in [2.24, 2.45) is 0 Å². The van der Waals surface area contributed by atoms with Gasteiger partial charge in [0.25, 0.3) is 0 Å². The van der Waals surface area contributed by atoms with Crippen LogP contribution in [0.15, 0.2) is 36.4 Å². The summed E-state index contributed by atoms with van der Waals surface area (Å²) in [6.07, 6.45) is 0. The van der Waals surface area contributed by atoms with Crippen LogP contribution in [0.25, 0.3) is 0 Å². The summed E-state index contributed by atoms with van der Waals surface area (Å²) in [4.78, 5) is 16.5. The Hall–Kier alpha value is -2.60. The second kappa shape index (κ2) is 8.39. The Morgan fingerprint density at radius 1 is 1.04 bits per heavy atom. The number of anilines is 2. The molecule has 6 nitrogen and oxygen atoms in total. The van der Waals surface area contributed by atoms with Crippen molar-refractivity contribution in [3.8, 4) is 11.5 Å². The molecular formula is C20H24ClN3O3. The van der Waals surface area contributed by atoms with Gasteiger partial charge in [-0.25, -0.2) is 4.79 Å². The van der Waals surface area contributed by atoms with Crippen molar-refractivity contribution in [3.05, 3.63) is 47.0 Å². The van der Waals surface area contributed by atoms with E-state index < -0.39 is 0 Å². The third-order valence-electron chi connectivity index (χ3n) is 4.71. The molecule has 2 aromatic rings. The summed E-state index contributed by atoms with van der Waals surface area (Å²) in [6, 6.07) is 11.1. The number of carbonyl (C=O) groups excluding carboxylic acids is 1. The first-order chi connectivity index (χ1) is 13.0. The minimum Gasteiger partial charge on any atom is -0.497 e. The number of ether oxygens (including phenoxy) is 2. The molecule has 1 aliphatic rings. The molecule has 1 fully saturated rings. The van der Waals surface area contributed by atoms with Gasteiger partial charge in [0.2, 0.25) is 0 Å². The summed E-state index contributed by atoms with van der Waals surface area (Å²) < 4.78 is 10.6. The first kappa shape index (κ1) is 19.2. The second-order valence-corrected chi connectivity index (χ2v) is 6.81. The summed E-state index contributed by atoms with van der Waals surface area (Å²) in [5, 5.41) is 3.62. The highest BCUT2D eigenvalue weighted by Gasteiger charge is 2.23. The van der Waals surface area contributed by atoms with Crippen molar-refractivity contribution in [3.63, 3.8) is 0 Å². The highest BCUT2D eigenvalue weighted by Crippen LogP contribution is 2.34. The molecule has 2 aromatic carbocycles. The van der Waals surface area contributed by atoms with Crippen LogP contribution in [-0.2, 0) is 0 Å². The van der Waals surface area contributed by atoms with Crippen LogP contribution in [0, 0.1) is 6.92 Å². The highest BCUT2D eigenvalue weighted by molar-refractivity contribution is 6.31. The number of aryl methyl sites for hydroxylation is 1. The van der Waals surface area contributed by atoms with E-state index in [9.17, 15) is 4.79 Å². The van der Waals surface area contributed by atoms with E-state index in [1.165, 1.54) is 0 Å². The number of piperazine rings is 1. The number of methoxy groups -OCH3 is 2. The molecule has 0 bridgehead atoms. The fourth-order valence-corrected chi connectivity index (χ4v) is 3.24. The van der Waals surface area contributed by atoms with Crippen molar-refractivity contribution in [1.29, 1.82) is 0 Å². The van der Waals surface area contributed by atoms with Gasteiger partial charge in [0, 0.05) is 43.0 Å². The van der Waals surface area contributed by atoms with Crippen LogP contribution < -0.4 is 19.7 Å². The van der Waals surface area contributed by atoms with E-state index in [1.54, 1.807) is 14.2 Å². The third-order valence-corrected chi connectivity index (χ3v) is 5.12. The Morgan fingerprint density at radius 2 is 1.70 bits per heavy atom. The average molecular weight is 390 g/mol. The quantitative estimate of drug-likeness (QED) is 0.858. The van der Waals surface area contributed by atoms with Crippen molar-refractivity contribution in [1.82, 2.24) is 4.90 Å². The monoisotopic (exact) mass is 389 g/mol. The van der Waals surface area contributed by atoms with Crippen LogP contribution >= 0.6 is 11.6 Å². The van der Waals surface area contributed by atoms with Crippen LogP contribution in [0.1, 0.15) is 5.56 Å². The number of urea groups is 1. The lowest BCUT2D eigenvalue weighted by atomic mass is 10.1. The van der Waals surface area contributed by atoms with Gasteiger partial charge in [-0.1, -0.05) is 11.6 Å². The number of carbonyl (C=O) groups is 1. The minimum absolute atomic E-state index is 0.0981. The lowest BCUT2D eigenvalue weighted by molar-refractivity contribution is 0.208. The van der Waals surface area contributed by atoms with Crippen molar-refractivity contribution >= 4 is 29.0 Å². The summed E-state index contributed by atoms with van der Waals surface area (Å²) in [7, 11) is 3.26. The number of benzene rings is 2. The zero-order valence-corrected chi connectivity index (χ0v) is 16.5. The Bertz CT molecular complexity index is 803. The third kappa shape index (κ3) is 4.39. The van der Waals surface area contributed by atoms with Crippen molar-refractivity contribution in [2.45, 2.75) is 6.92 Å². The summed E-state index contributed by atoms with van der Waals surface area (Å²) in [5.74, 6) is 1.51. The van der Waals surface area contributed by atoms with Gasteiger partial charge in [0.05, 0.1) is 19.9 Å². The van der Waals surface area contributed by atoms with Crippen molar-refractivity contribution < 1.29 is 14.3 Å². The molecule has 144 valence electrons. The normalized spacial score (nSPS) is 14.1. The molecule has 2 amide bonds. The maximum atomic E-state index is 12.5. The van der Waals surface area contributed by atoms with E-state index in [1.807, 2.05) is 48.2 Å². The van der Waals surface area contributed by atoms with E-state index in [0.717, 1.165) is 41.5 Å². The number of hydrogen-bond donors (Lipinski definition) is 1. The van der Waals surface area contributed by atoms with Gasteiger partial charge in [0.15, 0.2) is 0 Å². The lowest BCUT2D eigenvalue weighted by Crippen LogP contribution is -2.50. The van der Waals surface area contributed by atoms with Gasteiger partial charge in [-0.2, -0.15) is 0 Å². The number of hydrogen-bond acceptors (Lipinski definition) is 4. The Balaban J connectivity index is 1.61. The Kier molecular flexibility index (Phi) is 5.96. The van der Waals surface area contributed by atoms with Crippen LogP contribution in [0.4, 0.5) is 16.2 Å². The maximum absolute atomic E-state index is 12.5. The van der Waals surface area contributed by atoms with Gasteiger partial charge in [-0.15, -0.1) is 0 Å². The average Bonchev–Trinajstić information content (AvgIpc) is 2.70. The number of nitrogens with zero attached hydrogens (tertiary/aromatic N) is 2.